The highest BCUT2D eigenvalue weighted by Crippen LogP contribution is 2.29. The zero-order valence-corrected chi connectivity index (χ0v) is 17.5. The maximum Gasteiger partial charge on any atom is 0.160 e. The molecule has 0 radical (unpaired) electrons. The van der Waals surface area contributed by atoms with Gasteiger partial charge in [-0.2, -0.15) is 0 Å². The molecule has 2 nitrogen and oxygen atoms in total. The molecule has 4 aromatic carbocycles. The van der Waals surface area contributed by atoms with Crippen molar-refractivity contribution in [3.63, 3.8) is 0 Å². The van der Waals surface area contributed by atoms with E-state index in [-0.39, 0.29) is 0 Å². The molecule has 1 aromatic heterocycles. The van der Waals surface area contributed by atoms with Crippen LogP contribution >= 0.6 is 11.6 Å². The number of hydrogen-bond acceptors (Lipinski definition) is 2. The lowest BCUT2D eigenvalue weighted by Gasteiger charge is -2.10. The summed E-state index contributed by atoms with van der Waals surface area (Å²) in [5, 5.41) is 0.706. The van der Waals surface area contributed by atoms with Crippen LogP contribution in [0.3, 0.4) is 0 Å². The lowest BCUT2D eigenvalue weighted by Crippen LogP contribution is -1.96. The van der Waals surface area contributed by atoms with E-state index in [1.807, 2.05) is 66.7 Å². The molecule has 0 aliphatic carbocycles. The molecule has 5 aromatic rings. The summed E-state index contributed by atoms with van der Waals surface area (Å²) >= 11 is 6.09. The molecule has 0 atom stereocenters. The Morgan fingerprint density at radius 2 is 0.839 bits per heavy atom. The second-order valence-corrected chi connectivity index (χ2v) is 7.71. The maximum atomic E-state index is 6.09. The highest BCUT2D eigenvalue weighted by molar-refractivity contribution is 6.30. The minimum atomic E-state index is 0.700. The molecule has 0 N–H and O–H groups in total. The first-order chi connectivity index (χ1) is 15.3. The van der Waals surface area contributed by atoms with E-state index in [0.717, 1.165) is 28.1 Å². The van der Waals surface area contributed by atoms with Gasteiger partial charge < -0.3 is 0 Å². The lowest BCUT2D eigenvalue weighted by atomic mass is 10.0. The number of rotatable bonds is 4. The third-order valence-electron chi connectivity index (χ3n) is 5.19. The number of nitrogens with zero attached hydrogens (tertiary/aromatic N) is 2. The van der Waals surface area contributed by atoms with Crippen LogP contribution in [0.2, 0.25) is 5.02 Å². The van der Waals surface area contributed by atoms with Gasteiger partial charge in [-0.3, -0.25) is 0 Å². The summed E-state index contributed by atoms with van der Waals surface area (Å²) in [5.74, 6) is 0.700. The molecule has 31 heavy (non-hydrogen) atoms. The average Bonchev–Trinajstić information content (AvgIpc) is 2.85. The normalized spacial score (nSPS) is 10.7. The molecule has 1 heterocycles. The van der Waals surface area contributed by atoms with Crippen LogP contribution in [0.15, 0.2) is 115 Å². The predicted molar refractivity (Wildman–Crippen MR) is 129 cm³/mol. The molecule has 0 spiro atoms. The van der Waals surface area contributed by atoms with Crippen LogP contribution in [0.4, 0.5) is 0 Å². The van der Waals surface area contributed by atoms with E-state index in [1.54, 1.807) is 0 Å². The lowest BCUT2D eigenvalue weighted by molar-refractivity contribution is 1.18. The van der Waals surface area contributed by atoms with Crippen LogP contribution in [-0.2, 0) is 0 Å². The van der Waals surface area contributed by atoms with Crippen molar-refractivity contribution in [2.24, 2.45) is 0 Å². The molecular weight excluding hydrogens is 400 g/mol. The van der Waals surface area contributed by atoms with Crippen LogP contribution in [0.5, 0.6) is 0 Å². The topological polar surface area (TPSA) is 25.8 Å². The van der Waals surface area contributed by atoms with Gasteiger partial charge in [0.2, 0.25) is 0 Å². The Hall–Kier alpha value is -3.75. The van der Waals surface area contributed by atoms with Gasteiger partial charge in [0.25, 0.3) is 0 Å². The largest absolute Gasteiger partial charge is 0.228 e. The zero-order valence-electron chi connectivity index (χ0n) is 16.7. The summed E-state index contributed by atoms with van der Waals surface area (Å²) in [6, 6.07) is 38.7. The van der Waals surface area contributed by atoms with Crippen molar-refractivity contribution < 1.29 is 0 Å². The summed E-state index contributed by atoms with van der Waals surface area (Å²) in [7, 11) is 0. The van der Waals surface area contributed by atoms with E-state index in [9.17, 15) is 0 Å². The highest BCUT2D eigenvalue weighted by atomic mass is 35.5. The molecule has 0 unspecified atom stereocenters. The molecule has 3 heteroatoms. The zero-order chi connectivity index (χ0) is 21.0. The van der Waals surface area contributed by atoms with E-state index < -0.39 is 0 Å². The van der Waals surface area contributed by atoms with Crippen LogP contribution in [0, 0.1) is 0 Å². The van der Waals surface area contributed by atoms with Gasteiger partial charge in [0.1, 0.15) is 0 Å². The van der Waals surface area contributed by atoms with Crippen molar-refractivity contribution in [2.45, 2.75) is 0 Å². The fourth-order valence-corrected chi connectivity index (χ4v) is 3.67. The molecule has 0 aliphatic rings. The third kappa shape index (κ3) is 4.25. The van der Waals surface area contributed by atoms with Gasteiger partial charge in [-0.25, -0.2) is 9.97 Å². The van der Waals surface area contributed by atoms with Crippen molar-refractivity contribution in [1.29, 1.82) is 0 Å². The molecule has 0 saturated carbocycles. The standard InChI is InChI=1S/C28H19ClN2/c29-25-17-15-23(16-18-25)27-19-26(22-9-5-2-6-10-22)30-28(31-27)24-13-11-21(12-14-24)20-7-3-1-4-8-20/h1-19H. The van der Waals surface area contributed by atoms with Gasteiger partial charge in [0.15, 0.2) is 5.82 Å². The van der Waals surface area contributed by atoms with Crippen molar-refractivity contribution in [3.8, 4) is 45.0 Å². The van der Waals surface area contributed by atoms with Gasteiger partial charge in [-0.05, 0) is 29.3 Å². The Bertz CT molecular complexity index is 1300. The Labute approximate surface area is 186 Å². The average molecular weight is 419 g/mol. The van der Waals surface area contributed by atoms with Crippen LogP contribution < -0.4 is 0 Å². The minimum Gasteiger partial charge on any atom is -0.228 e. The van der Waals surface area contributed by atoms with Gasteiger partial charge >= 0.3 is 0 Å². The summed E-state index contributed by atoms with van der Waals surface area (Å²) in [4.78, 5) is 9.76. The van der Waals surface area contributed by atoms with Crippen LogP contribution in [0.1, 0.15) is 0 Å². The minimum absolute atomic E-state index is 0.700. The molecule has 148 valence electrons. The van der Waals surface area contributed by atoms with Crippen molar-refractivity contribution in [2.75, 3.05) is 0 Å². The van der Waals surface area contributed by atoms with Crippen LogP contribution in [-0.4, -0.2) is 9.97 Å². The Kier molecular flexibility index (Phi) is 5.30. The molecule has 0 bridgehead atoms. The van der Waals surface area contributed by atoms with Gasteiger partial charge in [0.05, 0.1) is 11.4 Å². The molecule has 0 saturated heterocycles. The second-order valence-electron chi connectivity index (χ2n) is 7.28. The quantitative estimate of drug-likeness (QED) is 0.297. The number of hydrogen-bond donors (Lipinski definition) is 0. The SMILES string of the molecule is Clc1ccc(-c2cc(-c3ccccc3)nc(-c3ccc(-c4ccccc4)cc3)n2)cc1. The van der Waals surface area contributed by atoms with E-state index in [2.05, 4.69) is 48.5 Å². The third-order valence-corrected chi connectivity index (χ3v) is 5.44. The first kappa shape index (κ1) is 19.2. The van der Waals surface area contributed by atoms with Crippen molar-refractivity contribution in [1.82, 2.24) is 9.97 Å². The Morgan fingerprint density at radius 3 is 1.42 bits per heavy atom. The van der Waals surface area contributed by atoms with Gasteiger partial charge in [-0.1, -0.05) is 109 Å². The molecule has 5 rings (SSSR count). The maximum absolute atomic E-state index is 6.09. The van der Waals surface area contributed by atoms with Gasteiger partial charge in [0, 0.05) is 21.7 Å². The fourth-order valence-electron chi connectivity index (χ4n) is 3.54. The summed E-state index contributed by atoms with van der Waals surface area (Å²) in [5.41, 5.74) is 7.16. The Balaban J connectivity index is 1.60. The summed E-state index contributed by atoms with van der Waals surface area (Å²) < 4.78 is 0. The molecule has 0 fully saturated rings. The molecule has 0 aliphatic heterocycles. The first-order valence-corrected chi connectivity index (χ1v) is 10.5. The number of halogens is 1. The van der Waals surface area contributed by atoms with E-state index in [4.69, 9.17) is 21.6 Å². The Morgan fingerprint density at radius 1 is 0.419 bits per heavy atom. The predicted octanol–water partition coefficient (Wildman–Crippen LogP) is 7.80. The first-order valence-electron chi connectivity index (χ1n) is 10.1. The smallest absolute Gasteiger partial charge is 0.160 e. The van der Waals surface area contributed by atoms with Gasteiger partial charge in [-0.15, -0.1) is 0 Å². The van der Waals surface area contributed by atoms with Crippen molar-refractivity contribution >= 4 is 11.6 Å². The second kappa shape index (κ2) is 8.55. The van der Waals surface area contributed by atoms with E-state index in [1.165, 1.54) is 11.1 Å². The molecular formula is C28H19ClN2. The van der Waals surface area contributed by atoms with E-state index in [0.29, 0.717) is 10.8 Å². The highest BCUT2D eigenvalue weighted by Gasteiger charge is 2.11. The van der Waals surface area contributed by atoms with Crippen molar-refractivity contribution in [3.05, 3.63) is 120 Å². The van der Waals surface area contributed by atoms with E-state index >= 15 is 0 Å². The number of aromatic nitrogens is 2. The number of benzene rings is 4. The monoisotopic (exact) mass is 418 g/mol. The summed E-state index contributed by atoms with van der Waals surface area (Å²) in [6.45, 7) is 0. The fraction of sp³-hybridized carbons (Fsp3) is 0. The molecule has 0 amide bonds. The summed E-state index contributed by atoms with van der Waals surface area (Å²) in [6.07, 6.45) is 0. The van der Waals surface area contributed by atoms with Crippen LogP contribution in [0.25, 0.3) is 45.0 Å².